The van der Waals surface area contributed by atoms with E-state index >= 15 is 0 Å². The van der Waals surface area contributed by atoms with Crippen molar-refractivity contribution in [1.82, 2.24) is 3.97 Å². The molecule has 3 aromatic rings. The Morgan fingerprint density at radius 1 is 1.09 bits per heavy atom. The molecule has 0 aliphatic heterocycles. The topological polar surface area (TPSA) is 14.2 Å². The molecular weight excluding hydrogens is 426 g/mol. The Kier molecular flexibility index (Phi) is 4.26. The van der Waals surface area contributed by atoms with Gasteiger partial charge in [0, 0.05) is 48.0 Å². The van der Waals surface area contributed by atoms with Crippen molar-refractivity contribution < 1.29 is 17.9 Å². The normalized spacial score (nSPS) is 11.1. The first-order valence-electron chi connectivity index (χ1n) is 6.23. The zero-order valence-corrected chi connectivity index (χ0v) is 14.2. The molecule has 0 amide bonds. The third kappa shape index (κ3) is 2.67. The molecule has 0 radical (unpaired) electrons. The van der Waals surface area contributed by atoms with E-state index < -0.39 is 23.2 Å². The highest BCUT2D eigenvalue weighted by atomic mass is 127. The van der Waals surface area contributed by atoms with Crippen molar-refractivity contribution in [3.8, 4) is 11.5 Å². The fraction of sp³-hybridized carbons (Fsp3) is 0.0667. The van der Waals surface area contributed by atoms with Gasteiger partial charge >= 0.3 is 0 Å². The first-order chi connectivity index (χ1) is 10.5. The number of halogens is 4. The smallest absolute Gasteiger partial charge is 0.199 e. The average molecular weight is 435 g/mol. The number of aromatic nitrogens is 1. The van der Waals surface area contributed by atoms with Crippen LogP contribution >= 0.6 is 30.3 Å². The molecule has 0 saturated heterocycles. The number of hydrogen-bond donors (Lipinski definition) is 0. The molecule has 7 heteroatoms. The van der Waals surface area contributed by atoms with E-state index in [0.717, 1.165) is 0 Å². The minimum absolute atomic E-state index is 0.179. The molecular formula is C15H9F3INOS. The monoisotopic (exact) mass is 435 g/mol. The third-order valence-corrected chi connectivity index (χ3v) is 4.97. The van der Waals surface area contributed by atoms with Crippen LogP contribution in [0.2, 0.25) is 0 Å². The molecule has 0 fully saturated rings. The number of ether oxygens (including phenoxy) is 1. The molecule has 0 unspecified atom stereocenters. The standard InChI is InChI=1S/C15H9F3INOS/c1-8-6-9(2-3-11(8)16)21-15-12(17)7-13-10(14(15)18)4-5-20(13)22-19/h2-7H,1H3. The van der Waals surface area contributed by atoms with Crippen molar-refractivity contribution in [1.29, 1.82) is 0 Å². The minimum Gasteiger partial charge on any atom is -0.451 e. The molecule has 0 atom stereocenters. The van der Waals surface area contributed by atoms with Gasteiger partial charge in [0.2, 0.25) is 0 Å². The minimum atomic E-state index is -0.808. The Bertz CT molecular complexity index is 866. The van der Waals surface area contributed by atoms with Gasteiger partial charge in [-0.05, 0) is 36.8 Å². The van der Waals surface area contributed by atoms with Gasteiger partial charge in [0.15, 0.2) is 17.4 Å². The Hall–Kier alpha value is -1.35. The van der Waals surface area contributed by atoms with Crippen LogP contribution in [0.25, 0.3) is 10.9 Å². The van der Waals surface area contributed by atoms with Crippen LogP contribution < -0.4 is 4.74 Å². The number of aryl methyl sites for hydroxylation is 1. The van der Waals surface area contributed by atoms with Crippen molar-refractivity contribution in [3.63, 3.8) is 0 Å². The summed E-state index contributed by atoms with van der Waals surface area (Å²) in [5.41, 5.74) is 0.767. The Morgan fingerprint density at radius 2 is 1.86 bits per heavy atom. The van der Waals surface area contributed by atoms with E-state index in [1.54, 1.807) is 23.2 Å². The summed E-state index contributed by atoms with van der Waals surface area (Å²) < 4.78 is 48.8. The Morgan fingerprint density at radius 3 is 2.55 bits per heavy atom. The summed E-state index contributed by atoms with van der Waals surface area (Å²) in [6.07, 6.45) is 1.65. The van der Waals surface area contributed by atoms with E-state index in [4.69, 9.17) is 4.74 Å². The van der Waals surface area contributed by atoms with Crippen molar-refractivity contribution in [2.45, 2.75) is 6.92 Å². The number of benzene rings is 2. The molecule has 114 valence electrons. The lowest BCUT2D eigenvalue weighted by atomic mass is 10.2. The molecule has 2 aromatic carbocycles. The van der Waals surface area contributed by atoms with Crippen LogP contribution in [0, 0.1) is 24.4 Å². The molecule has 0 spiro atoms. The lowest BCUT2D eigenvalue weighted by Gasteiger charge is -2.10. The number of nitrogens with zero attached hydrogens (tertiary/aromatic N) is 1. The molecule has 0 aliphatic carbocycles. The largest absolute Gasteiger partial charge is 0.451 e. The zero-order valence-electron chi connectivity index (χ0n) is 11.2. The summed E-state index contributed by atoms with van der Waals surface area (Å²) in [6, 6.07) is 6.69. The van der Waals surface area contributed by atoms with Gasteiger partial charge in [0.25, 0.3) is 0 Å². The number of rotatable bonds is 3. The van der Waals surface area contributed by atoms with Crippen molar-refractivity contribution in [3.05, 3.63) is 59.5 Å². The van der Waals surface area contributed by atoms with Crippen molar-refractivity contribution >= 4 is 41.2 Å². The van der Waals surface area contributed by atoms with E-state index in [1.165, 1.54) is 33.4 Å². The van der Waals surface area contributed by atoms with Crippen LogP contribution in [0.1, 0.15) is 5.56 Å². The quantitative estimate of drug-likeness (QED) is 0.469. The maximum Gasteiger partial charge on any atom is 0.199 e. The summed E-state index contributed by atoms with van der Waals surface area (Å²) >= 11 is 2.02. The third-order valence-electron chi connectivity index (χ3n) is 3.23. The first-order valence-corrected chi connectivity index (χ1v) is 9.55. The van der Waals surface area contributed by atoms with Crippen LogP contribution in [0.15, 0.2) is 36.5 Å². The second-order valence-corrected chi connectivity index (χ2v) is 6.37. The summed E-state index contributed by atoms with van der Waals surface area (Å²) in [7, 11) is 1.31. The van der Waals surface area contributed by atoms with Gasteiger partial charge in [0.1, 0.15) is 11.6 Å². The first kappa shape index (κ1) is 15.5. The molecule has 22 heavy (non-hydrogen) atoms. The highest BCUT2D eigenvalue weighted by Gasteiger charge is 2.18. The fourth-order valence-electron chi connectivity index (χ4n) is 2.12. The van der Waals surface area contributed by atoms with Gasteiger partial charge < -0.3 is 4.74 Å². The predicted octanol–water partition coefficient (Wildman–Crippen LogP) is 6.01. The second-order valence-electron chi connectivity index (χ2n) is 4.66. The van der Waals surface area contributed by atoms with E-state index in [0.29, 0.717) is 11.1 Å². The van der Waals surface area contributed by atoms with Gasteiger partial charge in [-0.2, -0.15) is 0 Å². The Balaban J connectivity index is 2.08. The zero-order chi connectivity index (χ0) is 15.9. The average Bonchev–Trinajstić information content (AvgIpc) is 2.90. The van der Waals surface area contributed by atoms with E-state index in [2.05, 4.69) is 0 Å². The maximum atomic E-state index is 14.5. The molecule has 2 nitrogen and oxygen atoms in total. The molecule has 1 aromatic heterocycles. The lowest BCUT2D eigenvalue weighted by molar-refractivity contribution is 0.410. The van der Waals surface area contributed by atoms with Crippen LogP contribution in [0.5, 0.6) is 11.5 Å². The van der Waals surface area contributed by atoms with Gasteiger partial charge in [-0.15, -0.1) is 0 Å². The summed E-state index contributed by atoms with van der Waals surface area (Å²) in [5.74, 6) is -2.30. The molecule has 0 N–H and O–H groups in total. The van der Waals surface area contributed by atoms with E-state index in [1.807, 2.05) is 21.2 Å². The Labute approximate surface area is 141 Å². The van der Waals surface area contributed by atoms with Gasteiger partial charge in [-0.3, -0.25) is 3.97 Å². The molecule has 3 rings (SSSR count). The number of fused-ring (bicyclic) bond motifs is 1. The summed E-state index contributed by atoms with van der Waals surface area (Å²) in [5, 5.41) is 0.263. The van der Waals surface area contributed by atoms with E-state index in [-0.39, 0.29) is 11.1 Å². The van der Waals surface area contributed by atoms with Crippen LogP contribution in [-0.4, -0.2) is 3.97 Å². The lowest BCUT2D eigenvalue weighted by Crippen LogP contribution is -1.95. The van der Waals surface area contributed by atoms with Gasteiger partial charge in [-0.1, -0.05) is 0 Å². The van der Waals surface area contributed by atoms with Crippen LogP contribution in [0.4, 0.5) is 13.2 Å². The predicted molar refractivity (Wildman–Crippen MR) is 90.1 cm³/mol. The summed E-state index contributed by atoms with van der Waals surface area (Å²) in [4.78, 5) is 0. The van der Waals surface area contributed by atoms with Gasteiger partial charge in [0.05, 0.1) is 5.52 Å². The number of hydrogen-bond acceptors (Lipinski definition) is 2. The molecule has 0 aliphatic rings. The molecule has 1 heterocycles. The molecule has 0 bridgehead atoms. The highest BCUT2D eigenvalue weighted by molar-refractivity contribution is 14.2. The maximum absolute atomic E-state index is 14.5. The van der Waals surface area contributed by atoms with Crippen LogP contribution in [0.3, 0.4) is 0 Å². The molecule has 0 saturated carbocycles. The van der Waals surface area contributed by atoms with Gasteiger partial charge in [-0.25, -0.2) is 13.2 Å². The summed E-state index contributed by atoms with van der Waals surface area (Å²) in [6.45, 7) is 1.55. The SMILES string of the molecule is Cc1cc(Oc2c(F)cc3c(ccn3SI)c2F)ccc1F. The second kappa shape index (κ2) is 6.04. The van der Waals surface area contributed by atoms with Crippen LogP contribution in [-0.2, 0) is 0 Å². The van der Waals surface area contributed by atoms with Crippen molar-refractivity contribution in [2.75, 3.05) is 0 Å². The van der Waals surface area contributed by atoms with Crippen molar-refractivity contribution in [2.24, 2.45) is 0 Å². The highest BCUT2D eigenvalue weighted by Crippen LogP contribution is 2.35. The fourth-order valence-corrected chi connectivity index (χ4v) is 3.48. The van der Waals surface area contributed by atoms with E-state index in [9.17, 15) is 13.2 Å².